The molecule has 2 rings (SSSR count). The van der Waals surface area contributed by atoms with Gasteiger partial charge in [-0.15, -0.1) is 0 Å². The number of sulfonamides is 1. The number of amides is 2. The average Bonchev–Trinajstić information content (AvgIpc) is 2.66. The van der Waals surface area contributed by atoms with Crippen LogP contribution in [-0.2, 0) is 24.3 Å². The van der Waals surface area contributed by atoms with E-state index < -0.39 is 33.9 Å². The third-order valence-corrected chi connectivity index (χ3v) is 4.97. The van der Waals surface area contributed by atoms with Crippen LogP contribution >= 0.6 is 0 Å². The maximum absolute atomic E-state index is 12.4. The predicted octanol–water partition coefficient (Wildman–Crippen LogP) is 1.48. The Kier molecular flexibility index (Phi) is 6.83. The van der Waals surface area contributed by atoms with Crippen LogP contribution in [0.2, 0.25) is 0 Å². The Morgan fingerprint density at radius 1 is 1.14 bits per heavy atom. The number of aromatic nitrogens is 1. The van der Waals surface area contributed by atoms with Crippen molar-refractivity contribution >= 4 is 33.5 Å². The standard InChI is InChI=1S/C18H19N3O6S/c1-3-16(27-18(24)13-5-4-10-19-11-13)17(23)20-14-6-8-15(9-7-14)28(25,26)21-12(2)22/h4-11,16H,3H2,1-2H3,(H,20,23)(H,21,22). The molecule has 0 fully saturated rings. The summed E-state index contributed by atoms with van der Waals surface area (Å²) in [4.78, 5) is 39.1. The molecule has 2 N–H and O–H groups in total. The smallest absolute Gasteiger partial charge is 0.340 e. The van der Waals surface area contributed by atoms with Gasteiger partial charge in [-0.2, -0.15) is 0 Å². The number of rotatable bonds is 7. The van der Waals surface area contributed by atoms with Gasteiger partial charge in [-0.25, -0.2) is 17.9 Å². The van der Waals surface area contributed by atoms with Crippen molar-refractivity contribution in [3.8, 4) is 0 Å². The molecule has 1 unspecified atom stereocenters. The Morgan fingerprint density at radius 2 is 1.82 bits per heavy atom. The minimum Gasteiger partial charge on any atom is -0.449 e. The average molecular weight is 405 g/mol. The number of nitrogens with one attached hydrogen (secondary N) is 2. The van der Waals surface area contributed by atoms with Gasteiger partial charge in [-0.1, -0.05) is 6.92 Å². The van der Waals surface area contributed by atoms with E-state index in [0.29, 0.717) is 5.69 Å². The van der Waals surface area contributed by atoms with E-state index in [1.165, 1.54) is 42.7 Å². The largest absolute Gasteiger partial charge is 0.449 e. The summed E-state index contributed by atoms with van der Waals surface area (Å²) < 4.78 is 30.9. The molecule has 9 nitrogen and oxygen atoms in total. The van der Waals surface area contributed by atoms with Crippen molar-refractivity contribution in [2.75, 3.05) is 5.32 Å². The molecule has 0 radical (unpaired) electrons. The molecule has 0 saturated carbocycles. The summed E-state index contributed by atoms with van der Waals surface area (Å²) in [6.07, 6.45) is 2.06. The molecule has 2 aromatic rings. The van der Waals surface area contributed by atoms with Crippen molar-refractivity contribution in [3.05, 3.63) is 54.4 Å². The molecule has 148 valence electrons. The zero-order chi connectivity index (χ0) is 20.7. The Morgan fingerprint density at radius 3 is 2.36 bits per heavy atom. The van der Waals surface area contributed by atoms with Gasteiger partial charge in [0, 0.05) is 25.0 Å². The summed E-state index contributed by atoms with van der Waals surface area (Å²) in [5.74, 6) is -1.94. The quantitative estimate of drug-likeness (QED) is 0.667. The van der Waals surface area contributed by atoms with Gasteiger partial charge in [0.1, 0.15) is 0 Å². The summed E-state index contributed by atoms with van der Waals surface area (Å²) >= 11 is 0. The van der Waals surface area contributed by atoms with Crippen LogP contribution in [0, 0.1) is 0 Å². The number of pyridine rings is 1. The number of hydrogen-bond acceptors (Lipinski definition) is 7. The van der Waals surface area contributed by atoms with Crippen LogP contribution in [0.15, 0.2) is 53.7 Å². The molecule has 1 aromatic carbocycles. The molecule has 1 heterocycles. The minimum absolute atomic E-state index is 0.129. The number of carbonyl (C=O) groups excluding carboxylic acids is 3. The van der Waals surface area contributed by atoms with Crippen LogP contribution in [0.1, 0.15) is 30.6 Å². The second-order valence-corrected chi connectivity index (χ2v) is 7.40. The van der Waals surface area contributed by atoms with Crippen molar-refractivity contribution in [2.24, 2.45) is 0 Å². The molecule has 0 saturated heterocycles. The topological polar surface area (TPSA) is 132 Å². The minimum atomic E-state index is -3.96. The molecule has 2 amide bonds. The highest BCUT2D eigenvalue weighted by atomic mass is 32.2. The molecule has 0 bridgehead atoms. The normalized spacial score (nSPS) is 11.9. The number of carbonyl (C=O) groups is 3. The van der Waals surface area contributed by atoms with Gasteiger partial charge < -0.3 is 10.1 Å². The van der Waals surface area contributed by atoms with Crippen LogP contribution < -0.4 is 10.0 Å². The first-order chi connectivity index (χ1) is 13.2. The lowest BCUT2D eigenvalue weighted by Crippen LogP contribution is -2.32. The Hall–Kier alpha value is -3.27. The van der Waals surface area contributed by atoms with Gasteiger partial charge in [-0.05, 0) is 42.8 Å². The lowest BCUT2D eigenvalue weighted by Gasteiger charge is -2.16. The summed E-state index contributed by atoms with van der Waals surface area (Å²) in [7, 11) is -3.96. The van der Waals surface area contributed by atoms with Crippen LogP contribution in [-0.4, -0.2) is 37.3 Å². The third-order valence-electron chi connectivity index (χ3n) is 3.52. The van der Waals surface area contributed by atoms with E-state index >= 15 is 0 Å². The van der Waals surface area contributed by atoms with E-state index in [-0.39, 0.29) is 16.9 Å². The molecular weight excluding hydrogens is 386 g/mol. The lowest BCUT2D eigenvalue weighted by molar-refractivity contribution is -0.124. The number of ether oxygens (including phenoxy) is 1. The van der Waals surface area contributed by atoms with Crippen molar-refractivity contribution in [2.45, 2.75) is 31.3 Å². The zero-order valence-corrected chi connectivity index (χ0v) is 16.0. The fraction of sp³-hybridized carbons (Fsp3) is 0.222. The monoisotopic (exact) mass is 405 g/mol. The van der Waals surface area contributed by atoms with E-state index in [0.717, 1.165) is 6.92 Å². The third kappa shape index (κ3) is 5.61. The van der Waals surface area contributed by atoms with Crippen LogP contribution in [0.3, 0.4) is 0 Å². The second-order valence-electron chi connectivity index (χ2n) is 5.72. The van der Waals surface area contributed by atoms with Crippen molar-refractivity contribution in [3.63, 3.8) is 0 Å². The second kappa shape index (κ2) is 9.09. The van der Waals surface area contributed by atoms with Crippen molar-refractivity contribution in [1.82, 2.24) is 9.71 Å². The SMILES string of the molecule is CCC(OC(=O)c1cccnc1)C(=O)Nc1ccc(S(=O)(=O)NC(C)=O)cc1. The van der Waals surface area contributed by atoms with Crippen LogP contribution in [0.4, 0.5) is 5.69 Å². The summed E-state index contributed by atoms with van der Waals surface area (Å²) in [5, 5.41) is 2.56. The van der Waals surface area contributed by atoms with Crippen molar-refractivity contribution < 1.29 is 27.5 Å². The van der Waals surface area contributed by atoms with Gasteiger partial charge in [-0.3, -0.25) is 14.6 Å². The molecule has 28 heavy (non-hydrogen) atoms. The Bertz CT molecular complexity index is 959. The number of nitrogens with zero attached hydrogens (tertiary/aromatic N) is 1. The van der Waals surface area contributed by atoms with E-state index in [4.69, 9.17) is 4.74 Å². The van der Waals surface area contributed by atoms with Gasteiger partial charge in [0.25, 0.3) is 15.9 Å². The first-order valence-corrected chi connectivity index (χ1v) is 9.76. The molecule has 0 aliphatic carbocycles. The Labute approximate surface area is 162 Å². The van der Waals surface area contributed by atoms with Gasteiger partial charge in [0.05, 0.1) is 10.5 Å². The molecule has 10 heteroatoms. The maximum Gasteiger partial charge on any atom is 0.340 e. The van der Waals surface area contributed by atoms with E-state index in [1.54, 1.807) is 13.0 Å². The molecule has 1 atom stereocenters. The first kappa shape index (κ1) is 21.0. The molecule has 1 aromatic heterocycles. The molecule has 0 aliphatic rings. The highest BCUT2D eigenvalue weighted by Gasteiger charge is 2.22. The Balaban J connectivity index is 2.04. The summed E-state index contributed by atoms with van der Waals surface area (Å²) in [6, 6.07) is 8.31. The number of benzene rings is 1. The van der Waals surface area contributed by atoms with Crippen LogP contribution in [0.25, 0.3) is 0 Å². The number of hydrogen-bond donors (Lipinski definition) is 2. The van der Waals surface area contributed by atoms with Gasteiger partial charge >= 0.3 is 5.97 Å². The van der Waals surface area contributed by atoms with E-state index in [2.05, 4.69) is 10.3 Å². The van der Waals surface area contributed by atoms with Gasteiger partial charge in [0.2, 0.25) is 5.91 Å². The maximum atomic E-state index is 12.4. The van der Waals surface area contributed by atoms with E-state index in [1.807, 2.05) is 4.72 Å². The van der Waals surface area contributed by atoms with Crippen LogP contribution in [0.5, 0.6) is 0 Å². The van der Waals surface area contributed by atoms with Gasteiger partial charge in [0.15, 0.2) is 6.10 Å². The number of esters is 1. The summed E-state index contributed by atoms with van der Waals surface area (Å²) in [6.45, 7) is 2.77. The molecule has 0 spiro atoms. The van der Waals surface area contributed by atoms with E-state index in [9.17, 15) is 22.8 Å². The number of anilines is 1. The molecular formula is C18H19N3O6S. The van der Waals surface area contributed by atoms with Crippen molar-refractivity contribution in [1.29, 1.82) is 0 Å². The first-order valence-electron chi connectivity index (χ1n) is 8.28. The lowest BCUT2D eigenvalue weighted by atomic mass is 10.2. The highest BCUT2D eigenvalue weighted by Crippen LogP contribution is 2.15. The summed E-state index contributed by atoms with van der Waals surface area (Å²) in [5.41, 5.74) is 0.531. The zero-order valence-electron chi connectivity index (χ0n) is 15.2. The fourth-order valence-corrected chi connectivity index (χ4v) is 3.18. The fourth-order valence-electron chi connectivity index (χ4n) is 2.19. The molecule has 0 aliphatic heterocycles. The predicted molar refractivity (Wildman–Crippen MR) is 99.8 cm³/mol. The highest BCUT2D eigenvalue weighted by molar-refractivity contribution is 7.90.